The molecule has 10 heteroatoms. The molecule has 32 heavy (non-hydrogen) atoms. The molecule has 3 amide bonds. The van der Waals surface area contributed by atoms with E-state index in [2.05, 4.69) is 21.0 Å². The normalized spacial score (nSPS) is 23.9. The summed E-state index contributed by atoms with van der Waals surface area (Å²) in [6.07, 6.45) is 2.66. The van der Waals surface area contributed by atoms with E-state index in [0.29, 0.717) is 6.54 Å². The molecule has 1 aromatic rings. The second-order valence-corrected chi connectivity index (χ2v) is 9.03. The number of hydrogen-bond donors (Lipinski definition) is 4. The molecule has 3 atom stereocenters. The summed E-state index contributed by atoms with van der Waals surface area (Å²) in [6.45, 7) is 6.37. The number of nitrogens with one attached hydrogen (secondary N) is 3. The second kappa shape index (κ2) is 8.78. The van der Waals surface area contributed by atoms with Crippen molar-refractivity contribution >= 4 is 17.7 Å². The number of pyridine rings is 1. The average molecular weight is 443 g/mol. The van der Waals surface area contributed by atoms with Crippen LogP contribution in [-0.2, 0) is 14.4 Å². The van der Waals surface area contributed by atoms with Crippen LogP contribution in [0.25, 0.3) is 0 Å². The van der Waals surface area contributed by atoms with Crippen molar-refractivity contribution in [1.29, 1.82) is 0 Å². The number of aliphatic hydroxyl groups excluding tert-OH is 1. The van der Waals surface area contributed by atoms with E-state index in [1.54, 1.807) is 17.2 Å². The van der Waals surface area contributed by atoms with Crippen LogP contribution in [0, 0.1) is 11.8 Å². The van der Waals surface area contributed by atoms with E-state index < -0.39 is 23.9 Å². The van der Waals surface area contributed by atoms with Crippen molar-refractivity contribution in [1.82, 2.24) is 31.0 Å². The van der Waals surface area contributed by atoms with Crippen LogP contribution in [0.5, 0.6) is 0 Å². The van der Waals surface area contributed by atoms with Gasteiger partial charge in [-0.2, -0.15) is 0 Å². The van der Waals surface area contributed by atoms with Crippen molar-refractivity contribution in [3.63, 3.8) is 0 Å². The zero-order valence-electron chi connectivity index (χ0n) is 18.5. The second-order valence-electron chi connectivity index (χ2n) is 9.03. The number of hydrogen-bond acceptors (Lipinski definition) is 7. The zero-order valence-corrected chi connectivity index (χ0v) is 18.5. The quantitative estimate of drug-likeness (QED) is 0.455. The standard InChI is InChI=1S/C22H30N6O4/c1-12(2)11-27-20-15(18(29)25-13(3)16-6-4-5-9-23-16)10-24-28(20)22(32)17(21(27)31)19(30)26-14-7-8-14/h4-6,9,12-15,20,24,31H,7-8,10-11H2,1-3H3,(H,25,29)(H,26,30)/t13-,15?,20?/m0/s1. The molecule has 4 N–H and O–H groups in total. The molecular formula is C22H30N6O4. The molecule has 1 aromatic heterocycles. The monoisotopic (exact) mass is 442 g/mol. The van der Waals surface area contributed by atoms with Gasteiger partial charge in [0.15, 0.2) is 5.57 Å². The van der Waals surface area contributed by atoms with E-state index in [-0.39, 0.29) is 41.9 Å². The molecule has 2 fully saturated rings. The summed E-state index contributed by atoms with van der Waals surface area (Å²) < 4.78 is 0. The van der Waals surface area contributed by atoms with Gasteiger partial charge in [0.1, 0.15) is 6.17 Å². The van der Waals surface area contributed by atoms with Crippen molar-refractivity contribution < 1.29 is 19.5 Å². The van der Waals surface area contributed by atoms with E-state index >= 15 is 0 Å². The highest BCUT2D eigenvalue weighted by Gasteiger charge is 2.52. The predicted molar refractivity (Wildman–Crippen MR) is 115 cm³/mol. The van der Waals surface area contributed by atoms with Gasteiger partial charge in [-0.1, -0.05) is 19.9 Å². The lowest BCUT2D eigenvalue weighted by molar-refractivity contribution is -0.144. The lowest BCUT2D eigenvalue weighted by atomic mass is 10.00. The Morgan fingerprint density at radius 2 is 2.03 bits per heavy atom. The number of fused-ring (bicyclic) bond motifs is 1. The van der Waals surface area contributed by atoms with Gasteiger partial charge in [-0.15, -0.1) is 0 Å². The van der Waals surface area contributed by atoms with Gasteiger partial charge < -0.3 is 20.6 Å². The van der Waals surface area contributed by atoms with Crippen molar-refractivity contribution in [2.45, 2.75) is 51.9 Å². The first-order valence-electron chi connectivity index (χ1n) is 11.1. The lowest BCUT2D eigenvalue weighted by Crippen LogP contribution is -2.60. The summed E-state index contributed by atoms with van der Waals surface area (Å²) in [7, 11) is 0. The Morgan fingerprint density at radius 3 is 2.66 bits per heavy atom. The molecule has 0 bridgehead atoms. The average Bonchev–Trinajstić information content (AvgIpc) is 3.45. The van der Waals surface area contributed by atoms with Gasteiger partial charge in [-0.05, 0) is 37.8 Å². The summed E-state index contributed by atoms with van der Waals surface area (Å²) in [6, 6.07) is 5.22. The predicted octanol–water partition coefficient (Wildman–Crippen LogP) is 0.568. The Morgan fingerprint density at radius 1 is 1.28 bits per heavy atom. The summed E-state index contributed by atoms with van der Waals surface area (Å²) in [4.78, 5) is 44.9. The van der Waals surface area contributed by atoms with E-state index in [4.69, 9.17) is 0 Å². The molecule has 10 nitrogen and oxygen atoms in total. The van der Waals surface area contributed by atoms with Gasteiger partial charge in [0.2, 0.25) is 11.8 Å². The maximum Gasteiger partial charge on any atom is 0.280 e. The van der Waals surface area contributed by atoms with Crippen molar-refractivity contribution in [2.24, 2.45) is 11.8 Å². The number of amides is 3. The van der Waals surface area contributed by atoms with Gasteiger partial charge in [0.05, 0.1) is 17.7 Å². The van der Waals surface area contributed by atoms with E-state index in [1.165, 1.54) is 5.01 Å². The van der Waals surface area contributed by atoms with Crippen LogP contribution < -0.4 is 16.1 Å². The first-order valence-corrected chi connectivity index (χ1v) is 11.1. The van der Waals surface area contributed by atoms with Crippen molar-refractivity contribution in [2.75, 3.05) is 13.1 Å². The Balaban J connectivity index is 1.59. The SMILES string of the molecule is CC(C)CN1C(O)=C(C(=O)NC2CC2)C(=O)N2NCC(C(=O)N[C@@H](C)c3ccccn3)C12. The molecule has 0 radical (unpaired) electrons. The molecule has 2 aliphatic heterocycles. The molecule has 1 saturated carbocycles. The number of carbonyl (C=O) groups is 3. The summed E-state index contributed by atoms with van der Waals surface area (Å²) in [5.41, 5.74) is 3.41. The van der Waals surface area contributed by atoms with Crippen molar-refractivity contribution in [3.05, 3.63) is 41.5 Å². The fourth-order valence-electron chi connectivity index (χ4n) is 4.14. The minimum atomic E-state index is -0.738. The maximum absolute atomic E-state index is 13.2. The summed E-state index contributed by atoms with van der Waals surface area (Å²) in [5.74, 6) is -2.36. The van der Waals surface area contributed by atoms with Gasteiger partial charge >= 0.3 is 0 Å². The third-order valence-electron chi connectivity index (χ3n) is 5.88. The lowest BCUT2D eigenvalue weighted by Gasteiger charge is -2.42. The first kappa shape index (κ1) is 22.1. The van der Waals surface area contributed by atoms with Gasteiger partial charge in [-0.25, -0.2) is 10.4 Å². The molecule has 1 aliphatic carbocycles. The Kier molecular flexibility index (Phi) is 6.05. The molecule has 0 aromatic carbocycles. The molecule has 1 saturated heterocycles. The minimum Gasteiger partial charge on any atom is -0.494 e. The molecule has 2 unspecified atom stereocenters. The number of carbonyl (C=O) groups excluding carboxylic acids is 3. The third kappa shape index (κ3) is 4.27. The largest absolute Gasteiger partial charge is 0.494 e. The van der Waals surface area contributed by atoms with Crippen LogP contribution in [0.3, 0.4) is 0 Å². The highest BCUT2D eigenvalue weighted by atomic mass is 16.3. The molecular weight excluding hydrogens is 412 g/mol. The highest BCUT2D eigenvalue weighted by molar-refractivity contribution is 6.19. The molecule has 4 rings (SSSR count). The first-order chi connectivity index (χ1) is 15.3. The van der Waals surface area contributed by atoms with Gasteiger partial charge in [0, 0.05) is 25.3 Å². The fraction of sp³-hybridized carbons (Fsp3) is 0.545. The summed E-state index contributed by atoms with van der Waals surface area (Å²) in [5, 5.41) is 18.0. The van der Waals surface area contributed by atoms with Crippen LogP contribution in [0.4, 0.5) is 0 Å². The number of nitrogens with zero attached hydrogens (tertiary/aromatic N) is 3. The Hall–Kier alpha value is -3.14. The van der Waals surface area contributed by atoms with Crippen LogP contribution >= 0.6 is 0 Å². The van der Waals surface area contributed by atoms with Gasteiger partial charge in [-0.3, -0.25) is 19.4 Å². The highest BCUT2D eigenvalue weighted by Crippen LogP contribution is 2.32. The molecule has 3 aliphatic rings. The van der Waals surface area contributed by atoms with Crippen LogP contribution in [0.2, 0.25) is 0 Å². The Labute approximate surface area is 187 Å². The molecule has 172 valence electrons. The smallest absolute Gasteiger partial charge is 0.280 e. The van der Waals surface area contributed by atoms with Crippen molar-refractivity contribution in [3.8, 4) is 0 Å². The van der Waals surface area contributed by atoms with Gasteiger partial charge in [0.25, 0.3) is 11.8 Å². The molecule has 3 heterocycles. The van der Waals surface area contributed by atoms with E-state index in [0.717, 1.165) is 18.5 Å². The van der Waals surface area contributed by atoms with E-state index in [9.17, 15) is 19.5 Å². The number of aromatic nitrogens is 1. The van der Waals surface area contributed by atoms with Crippen LogP contribution in [-0.4, -0.2) is 63.0 Å². The number of hydrazine groups is 1. The Bertz CT molecular complexity index is 930. The molecule has 0 spiro atoms. The minimum absolute atomic E-state index is 0.0463. The number of rotatable bonds is 7. The van der Waals surface area contributed by atoms with Crippen LogP contribution in [0.1, 0.15) is 45.3 Å². The number of aliphatic hydroxyl groups is 1. The maximum atomic E-state index is 13.2. The topological polar surface area (TPSA) is 127 Å². The summed E-state index contributed by atoms with van der Waals surface area (Å²) >= 11 is 0. The van der Waals surface area contributed by atoms with Crippen LogP contribution in [0.15, 0.2) is 35.9 Å². The van der Waals surface area contributed by atoms with E-state index in [1.807, 2.05) is 32.9 Å². The fourth-order valence-corrected chi connectivity index (χ4v) is 4.14. The third-order valence-corrected chi connectivity index (χ3v) is 5.88. The zero-order chi connectivity index (χ0) is 23.0.